The van der Waals surface area contributed by atoms with Gasteiger partial charge in [-0.1, -0.05) is 48.2 Å². The molecule has 2 aromatic carbocycles. The van der Waals surface area contributed by atoms with Gasteiger partial charge in [0.25, 0.3) is 5.69 Å². The van der Waals surface area contributed by atoms with Gasteiger partial charge in [-0.2, -0.15) is 0 Å². The molecule has 0 N–H and O–H groups in total. The lowest BCUT2D eigenvalue weighted by Crippen LogP contribution is -1.95. The van der Waals surface area contributed by atoms with Gasteiger partial charge in [-0.15, -0.1) is 10.2 Å². The van der Waals surface area contributed by atoms with Gasteiger partial charge in [0.1, 0.15) is 0 Å². The minimum Gasteiger partial charge on any atom is -0.305 e. The highest BCUT2D eigenvalue weighted by molar-refractivity contribution is 9.10. The molecule has 0 fully saturated rings. The Bertz CT molecular complexity index is 883. The Morgan fingerprint density at radius 3 is 2.67 bits per heavy atom. The summed E-state index contributed by atoms with van der Waals surface area (Å²) in [6, 6.07) is 15.0. The highest BCUT2D eigenvalue weighted by Crippen LogP contribution is 2.29. The van der Waals surface area contributed by atoms with E-state index in [2.05, 4.69) is 26.1 Å². The van der Waals surface area contributed by atoms with Crippen LogP contribution in [0.4, 0.5) is 5.69 Å². The molecule has 1 heterocycles. The lowest BCUT2D eigenvalue weighted by Gasteiger charge is -2.04. The van der Waals surface area contributed by atoms with Gasteiger partial charge in [0, 0.05) is 24.4 Å². The van der Waals surface area contributed by atoms with Crippen molar-refractivity contribution in [3.05, 3.63) is 68.7 Å². The molecule has 122 valence electrons. The summed E-state index contributed by atoms with van der Waals surface area (Å²) in [4.78, 5) is 10.6. The van der Waals surface area contributed by atoms with E-state index in [1.807, 2.05) is 48.0 Å². The molecule has 1 aromatic heterocycles. The first-order valence-corrected chi connectivity index (χ1v) is 8.84. The Balaban J connectivity index is 1.78. The first-order chi connectivity index (χ1) is 11.6. The molecule has 0 aliphatic carbocycles. The summed E-state index contributed by atoms with van der Waals surface area (Å²) in [5.74, 6) is 1.37. The van der Waals surface area contributed by atoms with Crippen LogP contribution in [0.5, 0.6) is 0 Å². The third-order valence-corrected chi connectivity index (χ3v) is 5.20. The molecular formula is C16H13BrN4O2S. The molecule has 0 amide bonds. The van der Waals surface area contributed by atoms with Crippen LogP contribution in [-0.4, -0.2) is 19.7 Å². The average Bonchev–Trinajstić information content (AvgIpc) is 2.95. The maximum atomic E-state index is 11.0. The Morgan fingerprint density at radius 2 is 1.96 bits per heavy atom. The molecule has 0 atom stereocenters. The highest BCUT2D eigenvalue weighted by Gasteiger charge is 2.14. The van der Waals surface area contributed by atoms with E-state index in [-0.39, 0.29) is 5.69 Å². The van der Waals surface area contributed by atoms with Crippen LogP contribution in [0.15, 0.2) is 58.2 Å². The summed E-state index contributed by atoms with van der Waals surface area (Å²) in [5.41, 5.74) is 1.92. The fourth-order valence-electron chi connectivity index (χ4n) is 2.22. The molecule has 0 radical (unpaired) electrons. The lowest BCUT2D eigenvalue weighted by molar-refractivity contribution is -0.385. The van der Waals surface area contributed by atoms with Crippen molar-refractivity contribution in [1.29, 1.82) is 0 Å². The van der Waals surface area contributed by atoms with E-state index in [1.54, 1.807) is 12.1 Å². The standard InChI is InChI=1S/C16H13BrN4O2S/c1-20-15(12-5-3-2-4-6-12)18-19-16(20)24-10-11-7-8-13(17)14(9-11)21(22)23/h2-9H,10H2,1H3. The Kier molecular flexibility index (Phi) is 4.96. The first kappa shape index (κ1) is 16.7. The summed E-state index contributed by atoms with van der Waals surface area (Å²) in [6.07, 6.45) is 0. The predicted octanol–water partition coefficient (Wildman–Crippen LogP) is 4.45. The smallest absolute Gasteiger partial charge is 0.283 e. The van der Waals surface area contributed by atoms with Crippen LogP contribution in [0, 0.1) is 10.1 Å². The number of hydrogen-bond donors (Lipinski definition) is 0. The van der Waals surface area contributed by atoms with Crippen molar-refractivity contribution < 1.29 is 4.92 Å². The molecule has 8 heteroatoms. The van der Waals surface area contributed by atoms with Gasteiger partial charge in [-0.3, -0.25) is 10.1 Å². The zero-order valence-electron chi connectivity index (χ0n) is 12.7. The number of halogens is 1. The lowest BCUT2D eigenvalue weighted by atomic mass is 10.2. The van der Waals surface area contributed by atoms with E-state index in [0.717, 1.165) is 22.1 Å². The molecular weight excluding hydrogens is 392 g/mol. The number of nitrogens with zero attached hydrogens (tertiary/aromatic N) is 4. The van der Waals surface area contributed by atoms with Crippen LogP contribution >= 0.6 is 27.7 Å². The number of nitro benzene ring substituents is 1. The molecule has 0 bridgehead atoms. The third-order valence-electron chi connectivity index (χ3n) is 3.44. The maximum absolute atomic E-state index is 11.0. The molecule has 24 heavy (non-hydrogen) atoms. The predicted molar refractivity (Wildman–Crippen MR) is 96.8 cm³/mol. The van der Waals surface area contributed by atoms with Crippen molar-refractivity contribution in [3.8, 4) is 11.4 Å². The second-order valence-corrected chi connectivity index (χ2v) is 6.86. The van der Waals surface area contributed by atoms with Crippen LogP contribution in [0.3, 0.4) is 0 Å². The largest absolute Gasteiger partial charge is 0.305 e. The van der Waals surface area contributed by atoms with Crippen molar-refractivity contribution in [3.63, 3.8) is 0 Å². The van der Waals surface area contributed by atoms with E-state index in [4.69, 9.17) is 0 Å². The second kappa shape index (κ2) is 7.14. The molecule has 0 aliphatic heterocycles. The summed E-state index contributed by atoms with van der Waals surface area (Å²) in [6.45, 7) is 0. The van der Waals surface area contributed by atoms with Gasteiger partial charge in [0.05, 0.1) is 9.40 Å². The van der Waals surface area contributed by atoms with E-state index in [9.17, 15) is 10.1 Å². The van der Waals surface area contributed by atoms with Gasteiger partial charge in [-0.25, -0.2) is 0 Å². The van der Waals surface area contributed by atoms with Gasteiger partial charge in [-0.05, 0) is 27.6 Å². The Hall–Kier alpha value is -2.19. The minimum atomic E-state index is -0.395. The number of hydrogen-bond acceptors (Lipinski definition) is 5. The maximum Gasteiger partial charge on any atom is 0.283 e. The summed E-state index contributed by atoms with van der Waals surface area (Å²) in [7, 11) is 1.91. The second-order valence-electron chi connectivity index (χ2n) is 5.06. The van der Waals surface area contributed by atoms with Crippen molar-refractivity contribution in [1.82, 2.24) is 14.8 Å². The molecule has 0 unspecified atom stereocenters. The third kappa shape index (κ3) is 3.49. The van der Waals surface area contributed by atoms with E-state index >= 15 is 0 Å². The molecule has 3 aromatic rings. The fraction of sp³-hybridized carbons (Fsp3) is 0.125. The zero-order valence-corrected chi connectivity index (χ0v) is 15.1. The zero-order chi connectivity index (χ0) is 17.1. The summed E-state index contributed by atoms with van der Waals surface area (Å²) < 4.78 is 2.40. The first-order valence-electron chi connectivity index (χ1n) is 7.06. The molecule has 0 aliphatic rings. The van der Waals surface area contributed by atoms with Crippen molar-refractivity contribution in [2.45, 2.75) is 10.9 Å². The summed E-state index contributed by atoms with van der Waals surface area (Å²) >= 11 is 4.69. The summed E-state index contributed by atoms with van der Waals surface area (Å²) in [5, 5.41) is 20.2. The number of thioether (sulfide) groups is 1. The normalized spacial score (nSPS) is 10.8. The monoisotopic (exact) mass is 404 g/mol. The van der Waals surface area contributed by atoms with Crippen LogP contribution in [0.25, 0.3) is 11.4 Å². The SMILES string of the molecule is Cn1c(SCc2ccc(Br)c([N+](=O)[O-])c2)nnc1-c1ccccc1. The van der Waals surface area contributed by atoms with Crippen LogP contribution in [0.1, 0.15) is 5.56 Å². The molecule has 0 saturated carbocycles. The van der Waals surface area contributed by atoms with E-state index in [1.165, 1.54) is 11.8 Å². The molecule has 3 rings (SSSR count). The topological polar surface area (TPSA) is 73.8 Å². The average molecular weight is 405 g/mol. The molecule has 6 nitrogen and oxygen atoms in total. The van der Waals surface area contributed by atoms with E-state index < -0.39 is 4.92 Å². The Labute approximate surface area is 151 Å². The number of benzene rings is 2. The van der Waals surface area contributed by atoms with Crippen LogP contribution in [-0.2, 0) is 12.8 Å². The van der Waals surface area contributed by atoms with Crippen molar-refractivity contribution >= 4 is 33.4 Å². The minimum absolute atomic E-state index is 0.0658. The van der Waals surface area contributed by atoms with Gasteiger partial charge in [0.2, 0.25) is 0 Å². The van der Waals surface area contributed by atoms with Crippen LogP contribution < -0.4 is 0 Å². The number of aromatic nitrogens is 3. The fourth-order valence-corrected chi connectivity index (χ4v) is 3.46. The van der Waals surface area contributed by atoms with Gasteiger partial charge < -0.3 is 4.57 Å². The molecule has 0 spiro atoms. The molecule has 0 saturated heterocycles. The van der Waals surface area contributed by atoms with Gasteiger partial charge >= 0.3 is 0 Å². The number of rotatable bonds is 5. The number of nitro groups is 1. The van der Waals surface area contributed by atoms with Crippen molar-refractivity contribution in [2.24, 2.45) is 7.05 Å². The quantitative estimate of drug-likeness (QED) is 0.356. The Morgan fingerprint density at radius 1 is 1.21 bits per heavy atom. The van der Waals surface area contributed by atoms with Crippen molar-refractivity contribution in [2.75, 3.05) is 0 Å². The van der Waals surface area contributed by atoms with Crippen LogP contribution in [0.2, 0.25) is 0 Å². The van der Waals surface area contributed by atoms with Gasteiger partial charge in [0.15, 0.2) is 11.0 Å². The highest BCUT2D eigenvalue weighted by atomic mass is 79.9. The van der Waals surface area contributed by atoms with E-state index in [0.29, 0.717) is 10.2 Å².